The van der Waals surface area contributed by atoms with Crippen LogP contribution in [0.5, 0.6) is 0 Å². The van der Waals surface area contributed by atoms with Crippen molar-refractivity contribution in [2.45, 2.75) is 19.6 Å². The smallest absolute Gasteiger partial charge is 0.0826 e. The van der Waals surface area contributed by atoms with Crippen LogP contribution in [0.3, 0.4) is 0 Å². The molecular formula is C12H21N3OS. The molecule has 2 rings (SSSR count). The lowest BCUT2D eigenvalue weighted by Crippen LogP contribution is -2.46. The molecule has 1 aromatic rings. The standard InChI is InChI=1S/C12H21N3OS/c1-2-15-4-5-16-10(9-15)7-14-8-12-11(13)3-6-17-12/h3,6,10,14H,2,4-5,7-9,13H2,1H3. The van der Waals surface area contributed by atoms with Crippen molar-refractivity contribution in [1.29, 1.82) is 0 Å². The maximum atomic E-state index is 5.83. The van der Waals surface area contributed by atoms with Crippen LogP contribution in [0.25, 0.3) is 0 Å². The summed E-state index contributed by atoms with van der Waals surface area (Å²) in [7, 11) is 0. The number of rotatable bonds is 5. The van der Waals surface area contributed by atoms with Gasteiger partial charge in [0, 0.05) is 36.7 Å². The summed E-state index contributed by atoms with van der Waals surface area (Å²) in [4.78, 5) is 3.64. The number of nitrogens with zero attached hydrogens (tertiary/aromatic N) is 1. The summed E-state index contributed by atoms with van der Waals surface area (Å²) in [6, 6.07) is 1.96. The van der Waals surface area contributed by atoms with E-state index in [4.69, 9.17) is 10.5 Å². The average Bonchev–Trinajstić information content (AvgIpc) is 2.76. The van der Waals surface area contributed by atoms with Crippen LogP contribution >= 0.6 is 11.3 Å². The SMILES string of the molecule is CCN1CCOC(CNCc2sccc2N)C1. The second-order valence-corrected chi connectivity index (χ2v) is 5.32. The van der Waals surface area contributed by atoms with Crippen LogP contribution in [-0.4, -0.2) is 43.8 Å². The minimum Gasteiger partial charge on any atom is -0.398 e. The van der Waals surface area contributed by atoms with E-state index in [0.717, 1.165) is 45.0 Å². The fourth-order valence-corrected chi connectivity index (χ4v) is 2.80. The Bertz CT molecular complexity index is 342. The predicted octanol–water partition coefficient (Wildman–Crippen LogP) is 1.14. The van der Waals surface area contributed by atoms with Gasteiger partial charge >= 0.3 is 0 Å². The molecule has 0 saturated carbocycles. The molecule has 0 amide bonds. The molecule has 5 heteroatoms. The highest BCUT2D eigenvalue weighted by molar-refractivity contribution is 7.10. The van der Waals surface area contributed by atoms with Gasteiger partial charge in [-0.1, -0.05) is 6.92 Å². The lowest BCUT2D eigenvalue weighted by molar-refractivity contribution is -0.0253. The third kappa shape index (κ3) is 3.67. The van der Waals surface area contributed by atoms with Gasteiger partial charge in [-0.05, 0) is 18.0 Å². The Labute approximate surface area is 107 Å². The highest BCUT2D eigenvalue weighted by Crippen LogP contribution is 2.18. The average molecular weight is 255 g/mol. The second-order valence-electron chi connectivity index (χ2n) is 4.32. The zero-order valence-electron chi connectivity index (χ0n) is 10.3. The normalized spacial score (nSPS) is 21.8. The number of morpholine rings is 1. The van der Waals surface area contributed by atoms with E-state index in [9.17, 15) is 0 Å². The molecule has 4 nitrogen and oxygen atoms in total. The number of thiophene rings is 1. The zero-order valence-corrected chi connectivity index (χ0v) is 11.1. The molecule has 1 aliphatic rings. The number of hydrogen-bond acceptors (Lipinski definition) is 5. The first-order chi connectivity index (χ1) is 8.29. The van der Waals surface area contributed by atoms with Crippen LogP contribution in [0.15, 0.2) is 11.4 Å². The third-order valence-electron chi connectivity index (χ3n) is 3.11. The number of nitrogens with two attached hydrogens (primary N) is 1. The summed E-state index contributed by atoms with van der Waals surface area (Å²) in [5.41, 5.74) is 6.73. The third-order valence-corrected chi connectivity index (χ3v) is 4.04. The van der Waals surface area contributed by atoms with Gasteiger partial charge in [-0.2, -0.15) is 0 Å². The maximum absolute atomic E-state index is 5.83. The molecule has 96 valence electrons. The summed E-state index contributed by atoms with van der Waals surface area (Å²) in [5.74, 6) is 0. The molecule has 1 unspecified atom stereocenters. The van der Waals surface area contributed by atoms with Crippen LogP contribution in [0.4, 0.5) is 5.69 Å². The van der Waals surface area contributed by atoms with Gasteiger partial charge in [-0.15, -0.1) is 11.3 Å². The molecule has 1 saturated heterocycles. The number of hydrogen-bond donors (Lipinski definition) is 2. The van der Waals surface area contributed by atoms with Crippen molar-refractivity contribution in [1.82, 2.24) is 10.2 Å². The van der Waals surface area contributed by atoms with Crippen molar-refractivity contribution in [2.75, 3.05) is 38.5 Å². The molecular weight excluding hydrogens is 234 g/mol. The van der Waals surface area contributed by atoms with E-state index in [1.807, 2.05) is 11.4 Å². The summed E-state index contributed by atoms with van der Waals surface area (Å²) in [6.45, 7) is 7.98. The Morgan fingerprint density at radius 1 is 1.65 bits per heavy atom. The minimum absolute atomic E-state index is 0.310. The second kappa shape index (κ2) is 6.35. The Morgan fingerprint density at radius 3 is 3.24 bits per heavy atom. The topological polar surface area (TPSA) is 50.5 Å². The molecule has 0 bridgehead atoms. The number of likely N-dealkylation sites (N-methyl/N-ethyl adjacent to an activating group) is 1. The van der Waals surface area contributed by atoms with Crippen molar-refractivity contribution in [3.63, 3.8) is 0 Å². The van der Waals surface area contributed by atoms with Crippen molar-refractivity contribution in [3.05, 3.63) is 16.3 Å². The van der Waals surface area contributed by atoms with E-state index < -0.39 is 0 Å². The lowest BCUT2D eigenvalue weighted by Gasteiger charge is -2.32. The Kier molecular flexibility index (Phi) is 4.79. The van der Waals surface area contributed by atoms with Gasteiger partial charge in [-0.25, -0.2) is 0 Å². The van der Waals surface area contributed by atoms with E-state index in [0.29, 0.717) is 6.10 Å². The summed E-state index contributed by atoms with van der Waals surface area (Å²) in [5, 5.41) is 5.45. The van der Waals surface area contributed by atoms with Crippen molar-refractivity contribution < 1.29 is 4.74 Å². The van der Waals surface area contributed by atoms with Crippen molar-refractivity contribution in [3.8, 4) is 0 Å². The zero-order chi connectivity index (χ0) is 12.1. The van der Waals surface area contributed by atoms with E-state index in [-0.39, 0.29) is 0 Å². The van der Waals surface area contributed by atoms with Gasteiger partial charge in [0.15, 0.2) is 0 Å². The van der Waals surface area contributed by atoms with Crippen LogP contribution in [0, 0.1) is 0 Å². The largest absolute Gasteiger partial charge is 0.398 e. The van der Waals surface area contributed by atoms with Gasteiger partial charge < -0.3 is 15.8 Å². The molecule has 0 aliphatic carbocycles. The van der Waals surface area contributed by atoms with Gasteiger partial charge in [0.2, 0.25) is 0 Å². The molecule has 0 spiro atoms. The van der Waals surface area contributed by atoms with Crippen molar-refractivity contribution >= 4 is 17.0 Å². The van der Waals surface area contributed by atoms with Crippen LogP contribution in [-0.2, 0) is 11.3 Å². The van der Waals surface area contributed by atoms with Crippen LogP contribution in [0.1, 0.15) is 11.8 Å². The monoisotopic (exact) mass is 255 g/mol. The van der Waals surface area contributed by atoms with Gasteiger partial charge in [0.1, 0.15) is 0 Å². The summed E-state index contributed by atoms with van der Waals surface area (Å²) in [6.07, 6.45) is 0.310. The molecule has 0 aromatic carbocycles. The van der Waals surface area contributed by atoms with Gasteiger partial charge in [0.05, 0.1) is 12.7 Å². The molecule has 3 N–H and O–H groups in total. The first-order valence-electron chi connectivity index (χ1n) is 6.16. The van der Waals surface area contributed by atoms with E-state index in [1.54, 1.807) is 11.3 Å². The summed E-state index contributed by atoms with van der Waals surface area (Å²) >= 11 is 1.70. The Hall–Kier alpha value is -0.620. The lowest BCUT2D eigenvalue weighted by atomic mass is 10.2. The number of ether oxygens (including phenoxy) is 1. The Balaban J connectivity index is 1.70. The van der Waals surface area contributed by atoms with Crippen molar-refractivity contribution in [2.24, 2.45) is 0 Å². The first kappa shape index (κ1) is 12.8. The van der Waals surface area contributed by atoms with Crippen LogP contribution < -0.4 is 11.1 Å². The van der Waals surface area contributed by atoms with Gasteiger partial charge in [-0.3, -0.25) is 4.90 Å². The summed E-state index contributed by atoms with van der Waals surface area (Å²) < 4.78 is 5.73. The number of anilines is 1. The Morgan fingerprint density at radius 2 is 2.53 bits per heavy atom. The molecule has 1 aromatic heterocycles. The first-order valence-corrected chi connectivity index (χ1v) is 7.04. The maximum Gasteiger partial charge on any atom is 0.0826 e. The van der Waals surface area contributed by atoms with E-state index in [2.05, 4.69) is 17.1 Å². The number of nitrogens with one attached hydrogen (secondary N) is 1. The fraction of sp³-hybridized carbons (Fsp3) is 0.667. The number of nitrogen functional groups attached to an aromatic ring is 1. The van der Waals surface area contributed by atoms with Crippen LogP contribution in [0.2, 0.25) is 0 Å². The minimum atomic E-state index is 0.310. The molecule has 0 radical (unpaired) electrons. The fourth-order valence-electron chi connectivity index (χ4n) is 2.03. The van der Waals surface area contributed by atoms with E-state index >= 15 is 0 Å². The van der Waals surface area contributed by atoms with E-state index in [1.165, 1.54) is 4.88 Å². The highest BCUT2D eigenvalue weighted by atomic mass is 32.1. The molecule has 1 fully saturated rings. The quantitative estimate of drug-likeness (QED) is 0.828. The molecule has 1 atom stereocenters. The highest BCUT2D eigenvalue weighted by Gasteiger charge is 2.18. The predicted molar refractivity (Wildman–Crippen MR) is 72.3 cm³/mol. The molecule has 2 heterocycles. The molecule has 1 aliphatic heterocycles. The van der Waals surface area contributed by atoms with Gasteiger partial charge in [0.25, 0.3) is 0 Å². The molecule has 17 heavy (non-hydrogen) atoms.